The van der Waals surface area contributed by atoms with Gasteiger partial charge in [-0.3, -0.25) is 0 Å². The fourth-order valence-corrected chi connectivity index (χ4v) is 2.06. The molecule has 0 radical (unpaired) electrons. The summed E-state index contributed by atoms with van der Waals surface area (Å²) in [5, 5.41) is 10.1. The molecule has 0 heterocycles. The van der Waals surface area contributed by atoms with Crippen LogP contribution in [0.15, 0.2) is 12.2 Å². The second-order valence-corrected chi connectivity index (χ2v) is 5.30. The zero-order valence-electron chi connectivity index (χ0n) is 10.3. The van der Waals surface area contributed by atoms with Crippen molar-refractivity contribution >= 4 is 11.8 Å². The molecule has 0 aromatic rings. The monoisotopic (exact) mass is 226 g/mol. The lowest BCUT2D eigenvalue weighted by molar-refractivity contribution is 0.0747. The fraction of sp³-hybridized carbons (Fsp3) is 0.692. The summed E-state index contributed by atoms with van der Waals surface area (Å²) >= 11 is 1.87. The van der Waals surface area contributed by atoms with E-state index in [2.05, 4.69) is 25.3 Å². The first kappa shape index (κ1) is 14.6. The molecule has 2 heteroatoms. The second kappa shape index (κ2) is 6.98. The molecule has 0 amide bonds. The van der Waals surface area contributed by atoms with Crippen LogP contribution < -0.4 is 0 Å². The maximum absolute atomic E-state index is 10.1. The Morgan fingerprint density at radius 3 is 2.67 bits per heavy atom. The SMILES string of the molecule is C=C(C)C#CC(C)(O)C(C)CSCCC. The lowest BCUT2D eigenvalue weighted by atomic mass is 9.93. The molecule has 0 aromatic heterocycles. The maximum atomic E-state index is 10.1. The average Bonchev–Trinajstić information content (AvgIpc) is 2.15. The summed E-state index contributed by atoms with van der Waals surface area (Å²) in [5.74, 6) is 8.01. The van der Waals surface area contributed by atoms with Crippen molar-refractivity contribution in [3.63, 3.8) is 0 Å². The molecule has 2 atom stereocenters. The predicted octanol–water partition coefficient (Wildman–Crippen LogP) is 3.10. The first-order valence-corrected chi connectivity index (χ1v) is 6.54. The van der Waals surface area contributed by atoms with Crippen LogP contribution in [-0.2, 0) is 0 Å². The molecule has 0 fully saturated rings. The largest absolute Gasteiger partial charge is 0.378 e. The second-order valence-electron chi connectivity index (χ2n) is 4.15. The third-order valence-electron chi connectivity index (χ3n) is 2.20. The third kappa shape index (κ3) is 6.65. The molecule has 0 aliphatic carbocycles. The minimum atomic E-state index is -0.903. The van der Waals surface area contributed by atoms with Gasteiger partial charge in [0.15, 0.2) is 0 Å². The van der Waals surface area contributed by atoms with Gasteiger partial charge in [0.1, 0.15) is 5.60 Å². The Morgan fingerprint density at radius 2 is 2.20 bits per heavy atom. The highest BCUT2D eigenvalue weighted by atomic mass is 32.2. The zero-order valence-corrected chi connectivity index (χ0v) is 11.1. The van der Waals surface area contributed by atoms with E-state index in [9.17, 15) is 5.11 Å². The first-order chi connectivity index (χ1) is 6.90. The quantitative estimate of drug-likeness (QED) is 0.574. The van der Waals surface area contributed by atoms with Crippen molar-refractivity contribution in [3.05, 3.63) is 12.2 Å². The van der Waals surface area contributed by atoms with Gasteiger partial charge in [-0.2, -0.15) is 11.8 Å². The van der Waals surface area contributed by atoms with E-state index in [0.29, 0.717) is 0 Å². The summed E-state index contributed by atoms with van der Waals surface area (Å²) in [6.07, 6.45) is 1.18. The average molecular weight is 226 g/mol. The van der Waals surface area contributed by atoms with Crippen molar-refractivity contribution in [3.8, 4) is 11.8 Å². The molecule has 2 unspecified atom stereocenters. The maximum Gasteiger partial charge on any atom is 0.126 e. The van der Waals surface area contributed by atoms with Crippen LogP contribution in [0.25, 0.3) is 0 Å². The van der Waals surface area contributed by atoms with Gasteiger partial charge in [0.2, 0.25) is 0 Å². The molecule has 0 aliphatic rings. The van der Waals surface area contributed by atoms with Crippen LogP contribution in [0.4, 0.5) is 0 Å². The van der Waals surface area contributed by atoms with E-state index in [0.717, 1.165) is 17.1 Å². The van der Waals surface area contributed by atoms with Crippen LogP contribution >= 0.6 is 11.8 Å². The molecule has 15 heavy (non-hydrogen) atoms. The normalized spacial score (nSPS) is 16.1. The van der Waals surface area contributed by atoms with E-state index < -0.39 is 5.60 Å². The molecule has 0 bridgehead atoms. The summed E-state index contributed by atoms with van der Waals surface area (Å²) in [5.41, 5.74) is -0.108. The van der Waals surface area contributed by atoms with Crippen LogP contribution in [0.2, 0.25) is 0 Å². The number of hydrogen-bond donors (Lipinski definition) is 1. The molecule has 0 aliphatic heterocycles. The number of aliphatic hydroxyl groups is 1. The highest BCUT2D eigenvalue weighted by Crippen LogP contribution is 2.21. The summed E-state index contributed by atoms with van der Waals surface area (Å²) in [6, 6.07) is 0. The summed E-state index contributed by atoms with van der Waals surface area (Å²) in [4.78, 5) is 0. The lowest BCUT2D eigenvalue weighted by Crippen LogP contribution is -2.32. The van der Waals surface area contributed by atoms with Gasteiger partial charge in [-0.05, 0) is 37.3 Å². The van der Waals surface area contributed by atoms with E-state index in [1.54, 1.807) is 6.92 Å². The fourth-order valence-electron chi connectivity index (χ4n) is 0.923. The van der Waals surface area contributed by atoms with E-state index in [-0.39, 0.29) is 5.92 Å². The third-order valence-corrected chi connectivity index (χ3v) is 3.64. The smallest absolute Gasteiger partial charge is 0.126 e. The molecule has 1 nitrogen and oxygen atoms in total. The number of allylic oxidation sites excluding steroid dienone is 1. The lowest BCUT2D eigenvalue weighted by Gasteiger charge is -2.24. The van der Waals surface area contributed by atoms with E-state index >= 15 is 0 Å². The van der Waals surface area contributed by atoms with Crippen molar-refractivity contribution in [2.24, 2.45) is 5.92 Å². The standard InChI is InChI=1S/C13H22OS/c1-6-9-15-10-12(4)13(5,14)8-7-11(2)3/h12,14H,2,6,9-10H2,1,3-5H3. The number of rotatable bonds is 5. The summed E-state index contributed by atoms with van der Waals surface area (Å²) in [7, 11) is 0. The van der Waals surface area contributed by atoms with Gasteiger partial charge in [-0.15, -0.1) is 0 Å². The molecule has 0 saturated carbocycles. The van der Waals surface area contributed by atoms with Crippen LogP contribution in [-0.4, -0.2) is 22.2 Å². The van der Waals surface area contributed by atoms with Crippen LogP contribution in [0.5, 0.6) is 0 Å². The minimum absolute atomic E-state index is 0.181. The highest BCUT2D eigenvalue weighted by Gasteiger charge is 2.25. The Morgan fingerprint density at radius 1 is 1.60 bits per heavy atom. The molecular weight excluding hydrogens is 204 g/mol. The van der Waals surface area contributed by atoms with Gasteiger partial charge in [0, 0.05) is 5.92 Å². The van der Waals surface area contributed by atoms with E-state index in [1.165, 1.54) is 6.42 Å². The van der Waals surface area contributed by atoms with Crippen molar-refractivity contribution < 1.29 is 5.11 Å². The van der Waals surface area contributed by atoms with Gasteiger partial charge in [0.25, 0.3) is 0 Å². The topological polar surface area (TPSA) is 20.2 Å². The summed E-state index contributed by atoms with van der Waals surface area (Å²) in [6.45, 7) is 11.5. The summed E-state index contributed by atoms with van der Waals surface area (Å²) < 4.78 is 0. The Balaban J connectivity index is 4.21. The van der Waals surface area contributed by atoms with Crippen LogP contribution in [0, 0.1) is 17.8 Å². The highest BCUT2D eigenvalue weighted by molar-refractivity contribution is 7.99. The molecule has 0 spiro atoms. The molecular formula is C13H22OS. The van der Waals surface area contributed by atoms with E-state index in [4.69, 9.17) is 0 Å². The van der Waals surface area contributed by atoms with Gasteiger partial charge in [-0.1, -0.05) is 32.3 Å². The minimum Gasteiger partial charge on any atom is -0.378 e. The van der Waals surface area contributed by atoms with Crippen LogP contribution in [0.1, 0.15) is 34.1 Å². The van der Waals surface area contributed by atoms with Gasteiger partial charge in [-0.25, -0.2) is 0 Å². The Bertz CT molecular complexity index is 257. The molecule has 0 rings (SSSR count). The molecule has 1 N–H and O–H groups in total. The van der Waals surface area contributed by atoms with Crippen molar-refractivity contribution in [1.29, 1.82) is 0 Å². The van der Waals surface area contributed by atoms with Gasteiger partial charge >= 0.3 is 0 Å². The van der Waals surface area contributed by atoms with E-state index in [1.807, 2.05) is 25.6 Å². The molecule has 0 saturated heterocycles. The van der Waals surface area contributed by atoms with Crippen molar-refractivity contribution in [2.75, 3.05) is 11.5 Å². The zero-order chi connectivity index (χ0) is 11.9. The van der Waals surface area contributed by atoms with Gasteiger partial charge in [0.05, 0.1) is 0 Å². The molecule has 86 valence electrons. The Labute approximate surface area is 98.3 Å². The number of thioether (sulfide) groups is 1. The molecule has 0 aromatic carbocycles. The van der Waals surface area contributed by atoms with Gasteiger partial charge < -0.3 is 5.11 Å². The van der Waals surface area contributed by atoms with Crippen molar-refractivity contribution in [1.82, 2.24) is 0 Å². The Hall–Kier alpha value is -0.390. The van der Waals surface area contributed by atoms with Crippen molar-refractivity contribution in [2.45, 2.75) is 39.7 Å². The first-order valence-electron chi connectivity index (χ1n) is 5.39. The number of hydrogen-bond acceptors (Lipinski definition) is 2. The van der Waals surface area contributed by atoms with Crippen LogP contribution in [0.3, 0.4) is 0 Å². The Kier molecular flexibility index (Phi) is 6.80. The predicted molar refractivity (Wildman–Crippen MR) is 70.0 cm³/mol.